The molecule has 1 aliphatic rings. The summed E-state index contributed by atoms with van der Waals surface area (Å²) >= 11 is 0. The molecule has 1 amide bonds. The molecule has 0 aromatic carbocycles. The molecule has 90 valence electrons. The summed E-state index contributed by atoms with van der Waals surface area (Å²) in [7, 11) is 0. The second kappa shape index (κ2) is 5.28. The van der Waals surface area contributed by atoms with Crippen LogP contribution in [0.3, 0.4) is 0 Å². The van der Waals surface area contributed by atoms with Crippen LogP contribution in [0.2, 0.25) is 0 Å². The van der Waals surface area contributed by atoms with Gasteiger partial charge in [0.15, 0.2) is 6.10 Å². The van der Waals surface area contributed by atoms with Crippen LogP contribution >= 0.6 is 0 Å². The van der Waals surface area contributed by atoms with Gasteiger partial charge in [-0.05, 0) is 20.8 Å². The van der Waals surface area contributed by atoms with E-state index >= 15 is 0 Å². The number of ether oxygens (including phenoxy) is 1. The number of nitriles is 1. The topological polar surface area (TPSA) is 65.4 Å². The Morgan fingerprint density at radius 2 is 2.31 bits per heavy atom. The number of morpholine rings is 1. The van der Waals surface area contributed by atoms with E-state index in [-0.39, 0.29) is 11.4 Å². The summed E-state index contributed by atoms with van der Waals surface area (Å²) in [5, 5.41) is 11.9. The van der Waals surface area contributed by atoms with E-state index in [0.29, 0.717) is 26.2 Å². The molecule has 0 spiro atoms. The molecule has 16 heavy (non-hydrogen) atoms. The molecule has 1 unspecified atom stereocenters. The molecule has 0 radical (unpaired) electrons. The molecule has 1 saturated heterocycles. The lowest BCUT2D eigenvalue weighted by atomic mass is 10.1. The number of carbonyl (C=O) groups is 1. The zero-order chi connectivity index (χ0) is 12.2. The van der Waals surface area contributed by atoms with Crippen molar-refractivity contribution in [3.05, 3.63) is 0 Å². The quantitative estimate of drug-likeness (QED) is 0.725. The molecule has 0 bridgehead atoms. The van der Waals surface area contributed by atoms with Crippen molar-refractivity contribution in [2.45, 2.75) is 32.4 Å². The zero-order valence-electron chi connectivity index (χ0n) is 10.1. The maximum Gasteiger partial charge on any atom is 0.236 e. The molecule has 5 nitrogen and oxygen atoms in total. The lowest BCUT2D eigenvalue weighted by molar-refractivity contribution is -0.136. The zero-order valence-corrected chi connectivity index (χ0v) is 10.1. The highest BCUT2D eigenvalue weighted by Gasteiger charge is 2.24. The van der Waals surface area contributed by atoms with Crippen molar-refractivity contribution in [2.75, 3.05) is 26.2 Å². The maximum atomic E-state index is 11.8. The summed E-state index contributed by atoms with van der Waals surface area (Å²) in [5.41, 5.74) is -0.0728. The first-order valence-electron chi connectivity index (χ1n) is 5.46. The van der Waals surface area contributed by atoms with Crippen LogP contribution in [0, 0.1) is 11.3 Å². The lowest BCUT2D eigenvalue weighted by Gasteiger charge is -2.31. The third kappa shape index (κ3) is 4.17. The standard InChI is InChI=1S/C11H19N3O2/c1-11(2,3)13-7-10(15)14-4-5-16-9(6-12)8-14/h9,13H,4-5,7-8H2,1-3H3. The second-order valence-electron chi connectivity index (χ2n) is 4.93. The molecular formula is C11H19N3O2. The molecule has 1 N–H and O–H groups in total. The van der Waals surface area contributed by atoms with Crippen LogP contribution in [0.1, 0.15) is 20.8 Å². The van der Waals surface area contributed by atoms with Crippen molar-refractivity contribution >= 4 is 5.91 Å². The molecule has 0 saturated carbocycles. The van der Waals surface area contributed by atoms with Crippen LogP contribution in [0.5, 0.6) is 0 Å². The number of carbonyl (C=O) groups excluding carboxylic acids is 1. The van der Waals surface area contributed by atoms with E-state index in [9.17, 15) is 4.79 Å². The summed E-state index contributed by atoms with van der Waals surface area (Å²) < 4.78 is 5.18. The van der Waals surface area contributed by atoms with Crippen molar-refractivity contribution in [1.29, 1.82) is 5.26 Å². The Balaban J connectivity index is 2.39. The summed E-state index contributed by atoms with van der Waals surface area (Å²) in [6.45, 7) is 7.73. The number of rotatable bonds is 2. The first-order valence-corrected chi connectivity index (χ1v) is 5.46. The van der Waals surface area contributed by atoms with Crippen LogP contribution in [0.4, 0.5) is 0 Å². The van der Waals surface area contributed by atoms with E-state index in [2.05, 4.69) is 5.32 Å². The minimum absolute atomic E-state index is 0.0264. The van der Waals surface area contributed by atoms with Crippen molar-refractivity contribution in [2.24, 2.45) is 0 Å². The van der Waals surface area contributed by atoms with Gasteiger partial charge in [0, 0.05) is 12.1 Å². The summed E-state index contributed by atoms with van der Waals surface area (Å²) in [6.07, 6.45) is -0.479. The maximum absolute atomic E-state index is 11.8. The van der Waals surface area contributed by atoms with Gasteiger partial charge in [-0.15, -0.1) is 0 Å². The Hall–Kier alpha value is -1.12. The van der Waals surface area contributed by atoms with Gasteiger partial charge in [-0.1, -0.05) is 0 Å². The van der Waals surface area contributed by atoms with Crippen LogP contribution in [-0.4, -0.2) is 48.7 Å². The van der Waals surface area contributed by atoms with Crippen molar-refractivity contribution in [3.63, 3.8) is 0 Å². The van der Waals surface area contributed by atoms with Crippen LogP contribution in [0.15, 0.2) is 0 Å². The van der Waals surface area contributed by atoms with Gasteiger partial charge in [-0.25, -0.2) is 0 Å². The molecule has 1 rings (SSSR count). The van der Waals surface area contributed by atoms with Crippen molar-refractivity contribution < 1.29 is 9.53 Å². The van der Waals surface area contributed by atoms with Crippen molar-refractivity contribution in [3.8, 4) is 6.07 Å². The van der Waals surface area contributed by atoms with E-state index in [1.54, 1.807) is 4.90 Å². The molecular weight excluding hydrogens is 206 g/mol. The van der Waals surface area contributed by atoms with Gasteiger partial charge in [-0.3, -0.25) is 4.79 Å². The van der Waals surface area contributed by atoms with Gasteiger partial charge in [0.05, 0.1) is 25.8 Å². The average molecular weight is 225 g/mol. The summed E-state index contributed by atoms with van der Waals surface area (Å²) in [6, 6.07) is 2.02. The highest BCUT2D eigenvalue weighted by atomic mass is 16.5. The van der Waals surface area contributed by atoms with Gasteiger partial charge in [-0.2, -0.15) is 5.26 Å². The van der Waals surface area contributed by atoms with E-state index in [0.717, 1.165) is 0 Å². The fourth-order valence-corrected chi connectivity index (χ4v) is 1.41. The Morgan fingerprint density at radius 3 is 2.88 bits per heavy atom. The Labute approximate surface area is 96.4 Å². The number of nitrogens with zero attached hydrogens (tertiary/aromatic N) is 2. The van der Waals surface area contributed by atoms with Gasteiger partial charge >= 0.3 is 0 Å². The predicted molar refractivity (Wildman–Crippen MR) is 59.7 cm³/mol. The van der Waals surface area contributed by atoms with E-state index in [4.69, 9.17) is 10.00 Å². The highest BCUT2D eigenvalue weighted by molar-refractivity contribution is 5.78. The molecule has 5 heteroatoms. The third-order valence-corrected chi connectivity index (χ3v) is 2.33. The van der Waals surface area contributed by atoms with Crippen LogP contribution in [0.25, 0.3) is 0 Å². The number of hydrogen-bond acceptors (Lipinski definition) is 4. The highest BCUT2D eigenvalue weighted by Crippen LogP contribution is 2.05. The number of hydrogen-bond donors (Lipinski definition) is 1. The lowest BCUT2D eigenvalue weighted by Crippen LogP contribution is -2.50. The summed E-state index contributed by atoms with van der Waals surface area (Å²) in [5.74, 6) is 0.0264. The normalized spacial score (nSPS) is 21.6. The van der Waals surface area contributed by atoms with Gasteiger partial charge in [0.2, 0.25) is 5.91 Å². The number of amides is 1. The molecule has 0 aromatic rings. The van der Waals surface area contributed by atoms with Crippen LogP contribution in [-0.2, 0) is 9.53 Å². The van der Waals surface area contributed by atoms with Gasteiger partial charge in [0.1, 0.15) is 0 Å². The van der Waals surface area contributed by atoms with E-state index in [1.807, 2.05) is 26.8 Å². The number of nitrogens with one attached hydrogen (secondary N) is 1. The Kier molecular flexibility index (Phi) is 4.27. The smallest absolute Gasteiger partial charge is 0.236 e. The first-order chi connectivity index (χ1) is 7.42. The first kappa shape index (κ1) is 12.9. The van der Waals surface area contributed by atoms with E-state index < -0.39 is 6.10 Å². The molecule has 0 aliphatic carbocycles. The second-order valence-corrected chi connectivity index (χ2v) is 4.93. The SMILES string of the molecule is CC(C)(C)NCC(=O)N1CCOC(C#N)C1. The van der Waals surface area contributed by atoms with Crippen molar-refractivity contribution in [1.82, 2.24) is 10.2 Å². The summed E-state index contributed by atoms with van der Waals surface area (Å²) in [4.78, 5) is 13.5. The fourth-order valence-electron chi connectivity index (χ4n) is 1.41. The largest absolute Gasteiger partial charge is 0.360 e. The van der Waals surface area contributed by atoms with Gasteiger partial charge < -0.3 is 15.0 Å². The molecule has 0 aromatic heterocycles. The molecule has 1 fully saturated rings. The molecule has 1 aliphatic heterocycles. The average Bonchev–Trinajstić information content (AvgIpc) is 2.25. The molecule has 1 heterocycles. The monoisotopic (exact) mass is 225 g/mol. The Morgan fingerprint density at radius 1 is 1.62 bits per heavy atom. The fraction of sp³-hybridized carbons (Fsp3) is 0.818. The third-order valence-electron chi connectivity index (χ3n) is 2.33. The minimum Gasteiger partial charge on any atom is -0.360 e. The van der Waals surface area contributed by atoms with E-state index in [1.165, 1.54) is 0 Å². The predicted octanol–water partition coefficient (Wildman–Crippen LogP) is 0.125. The Bertz CT molecular complexity index is 291. The van der Waals surface area contributed by atoms with Crippen LogP contribution < -0.4 is 5.32 Å². The molecule has 1 atom stereocenters. The minimum atomic E-state index is -0.479. The van der Waals surface area contributed by atoms with Gasteiger partial charge in [0.25, 0.3) is 0 Å².